The highest BCUT2D eigenvalue weighted by Gasteiger charge is 2.29. The largest absolute Gasteiger partial charge is 0.493 e. The minimum atomic E-state index is -0.389. The van der Waals surface area contributed by atoms with Gasteiger partial charge in [0.05, 0.1) is 19.1 Å². The van der Waals surface area contributed by atoms with Crippen LogP contribution in [0.5, 0.6) is 11.5 Å². The van der Waals surface area contributed by atoms with Crippen LogP contribution in [0.3, 0.4) is 0 Å². The summed E-state index contributed by atoms with van der Waals surface area (Å²) < 4.78 is 10.6. The first kappa shape index (κ1) is 31.5. The van der Waals surface area contributed by atoms with Crippen LogP contribution in [0.4, 0.5) is 5.69 Å². The summed E-state index contributed by atoms with van der Waals surface area (Å²) in [5, 5.41) is 13.9. The van der Waals surface area contributed by atoms with Crippen LogP contribution in [0.2, 0.25) is 0 Å². The van der Waals surface area contributed by atoms with Crippen molar-refractivity contribution >= 4 is 17.5 Å². The summed E-state index contributed by atoms with van der Waals surface area (Å²) in [7, 11) is 3.15. The molecule has 10 nitrogen and oxygen atoms in total. The van der Waals surface area contributed by atoms with Crippen LogP contribution in [0, 0.1) is 16.0 Å². The second kappa shape index (κ2) is 14.6. The number of methoxy groups -OCH3 is 2. The zero-order valence-electron chi connectivity index (χ0n) is 25.2. The number of hydrogen-bond donors (Lipinski definition) is 1. The summed E-state index contributed by atoms with van der Waals surface area (Å²) in [6.45, 7) is 7.07. The summed E-state index contributed by atoms with van der Waals surface area (Å²) in [5.41, 5.74) is 3.54. The normalized spacial score (nSPS) is 13.9. The number of nitro benzene ring substituents is 1. The van der Waals surface area contributed by atoms with Gasteiger partial charge in [-0.25, -0.2) is 0 Å². The number of likely N-dealkylation sites (tertiary alicyclic amines) is 1. The van der Waals surface area contributed by atoms with Gasteiger partial charge in [0.15, 0.2) is 11.5 Å². The lowest BCUT2D eigenvalue weighted by molar-refractivity contribution is -0.384. The highest BCUT2D eigenvalue weighted by Crippen LogP contribution is 2.28. The quantitative estimate of drug-likeness (QED) is 0.229. The van der Waals surface area contributed by atoms with E-state index in [0.717, 1.165) is 49.2 Å². The molecule has 0 radical (unpaired) electrons. The van der Waals surface area contributed by atoms with Crippen LogP contribution in [-0.4, -0.2) is 59.9 Å². The minimum Gasteiger partial charge on any atom is -0.493 e. The fourth-order valence-corrected chi connectivity index (χ4v) is 5.32. The first-order chi connectivity index (χ1) is 20.7. The highest BCUT2D eigenvalue weighted by molar-refractivity contribution is 5.94. The van der Waals surface area contributed by atoms with Gasteiger partial charge in [-0.1, -0.05) is 44.2 Å². The molecule has 228 valence electrons. The minimum absolute atomic E-state index is 0.0913. The molecule has 1 N–H and O–H groups in total. The van der Waals surface area contributed by atoms with Gasteiger partial charge in [-0.3, -0.25) is 24.6 Å². The molecule has 3 aromatic carbocycles. The Bertz CT molecular complexity index is 1400. The Morgan fingerprint density at radius 2 is 1.53 bits per heavy atom. The van der Waals surface area contributed by atoms with Crippen LogP contribution in [-0.2, 0) is 24.4 Å². The molecule has 43 heavy (non-hydrogen) atoms. The number of ether oxygens (including phenoxy) is 2. The zero-order chi connectivity index (χ0) is 30.9. The number of hydrogen-bond acceptors (Lipinski definition) is 7. The lowest BCUT2D eigenvalue weighted by Gasteiger charge is -2.39. The van der Waals surface area contributed by atoms with Crippen molar-refractivity contribution in [1.82, 2.24) is 15.1 Å². The Labute approximate surface area is 252 Å². The molecule has 0 atom stereocenters. The highest BCUT2D eigenvalue weighted by atomic mass is 16.6. The number of carbonyl (C=O) groups is 2. The first-order valence-corrected chi connectivity index (χ1v) is 14.5. The number of amides is 2. The van der Waals surface area contributed by atoms with Gasteiger partial charge >= 0.3 is 0 Å². The van der Waals surface area contributed by atoms with Crippen LogP contribution < -0.4 is 14.8 Å². The number of piperidine rings is 1. The first-order valence-electron chi connectivity index (χ1n) is 14.5. The molecule has 0 aliphatic carbocycles. The lowest BCUT2D eigenvalue weighted by atomic mass is 9.99. The number of nitrogens with zero attached hydrogens (tertiary/aromatic N) is 3. The van der Waals surface area contributed by atoms with E-state index in [4.69, 9.17) is 9.47 Å². The third-order valence-electron chi connectivity index (χ3n) is 7.80. The standard InChI is InChI=1S/C33H40N4O6/c1-23(2)33(39)36(28-15-17-35(18-16-28)21-24-7-12-29(13-8-24)37(40)41)22-25-5-10-27(11-6-25)32(38)34-20-26-9-14-30(42-3)31(19-26)43-4/h5-14,19,23,28H,15-18,20-22H2,1-4H3,(H,34,38). The summed E-state index contributed by atoms with van der Waals surface area (Å²) in [4.78, 5) is 40.9. The molecule has 1 heterocycles. The van der Waals surface area contributed by atoms with Crippen molar-refractivity contribution in [3.8, 4) is 11.5 Å². The third-order valence-corrected chi connectivity index (χ3v) is 7.80. The number of nitrogens with one attached hydrogen (secondary N) is 1. The Balaban J connectivity index is 1.33. The van der Waals surface area contributed by atoms with Gasteiger partial charge in [0.25, 0.3) is 11.6 Å². The van der Waals surface area contributed by atoms with Crippen LogP contribution in [0.1, 0.15) is 53.7 Å². The van der Waals surface area contributed by atoms with Gasteiger partial charge in [0.1, 0.15) is 0 Å². The predicted molar refractivity (Wildman–Crippen MR) is 164 cm³/mol. The second-order valence-electron chi connectivity index (χ2n) is 11.1. The van der Waals surface area contributed by atoms with E-state index in [1.165, 1.54) is 0 Å². The van der Waals surface area contributed by atoms with Crippen LogP contribution in [0.15, 0.2) is 66.7 Å². The molecule has 1 saturated heterocycles. The van der Waals surface area contributed by atoms with E-state index >= 15 is 0 Å². The van der Waals surface area contributed by atoms with Crippen molar-refractivity contribution in [2.75, 3.05) is 27.3 Å². The fourth-order valence-electron chi connectivity index (χ4n) is 5.32. The summed E-state index contributed by atoms with van der Waals surface area (Å²) in [6, 6.07) is 19.7. The van der Waals surface area contributed by atoms with E-state index in [1.807, 2.05) is 49.1 Å². The van der Waals surface area contributed by atoms with Crippen molar-refractivity contribution in [1.29, 1.82) is 0 Å². The Morgan fingerprint density at radius 1 is 0.930 bits per heavy atom. The molecule has 3 aromatic rings. The van der Waals surface area contributed by atoms with E-state index < -0.39 is 0 Å². The van der Waals surface area contributed by atoms with Crippen molar-refractivity contribution in [2.24, 2.45) is 5.92 Å². The van der Waals surface area contributed by atoms with E-state index in [2.05, 4.69) is 10.2 Å². The maximum atomic E-state index is 13.3. The van der Waals surface area contributed by atoms with Gasteiger partial charge in [-0.15, -0.1) is 0 Å². The van der Waals surface area contributed by atoms with Gasteiger partial charge in [0.2, 0.25) is 5.91 Å². The molecular formula is C33H40N4O6. The summed E-state index contributed by atoms with van der Waals surface area (Å²) in [5.74, 6) is 1.04. The molecule has 0 aromatic heterocycles. The van der Waals surface area contributed by atoms with Gasteiger partial charge in [-0.05, 0) is 53.8 Å². The molecule has 1 fully saturated rings. The Kier molecular flexibility index (Phi) is 10.7. The Morgan fingerprint density at radius 3 is 2.12 bits per heavy atom. The number of rotatable bonds is 12. The predicted octanol–water partition coefficient (Wildman–Crippen LogP) is 5.19. The second-order valence-corrected chi connectivity index (χ2v) is 11.1. The maximum absolute atomic E-state index is 13.3. The molecule has 1 aliphatic heterocycles. The summed E-state index contributed by atoms with van der Waals surface area (Å²) in [6.07, 6.45) is 1.70. The van der Waals surface area contributed by atoms with Crippen LogP contribution >= 0.6 is 0 Å². The molecule has 1 aliphatic rings. The van der Waals surface area contributed by atoms with Gasteiger partial charge < -0.3 is 19.7 Å². The number of benzene rings is 3. The summed E-state index contributed by atoms with van der Waals surface area (Å²) >= 11 is 0. The zero-order valence-corrected chi connectivity index (χ0v) is 25.2. The molecular weight excluding hydrogens is 548 g/mol. The third kappa shape index (κ3) is 8.32. The van der Waals surface area contributed by atoms with Crippen molar-refractivity contribution < 1.29 is 24.0 Å². The molecule has 0 spiro atoms. The van der Waals surface area contributed by atoms with Gasteiger partial charge in [0, 0.05) is 62.4 Å². The van der Waals surface area contributed by atoms with Crippen molar-refractivity contribution in [2.45, 2.75) is 52.4 Å². The molecule has 0 saturated carbocycles. The van der Waals surface area contributed by atoms with E-state index in [1.54, 1.807) is 50.6 Å². The SMILES string of the molecule is COc1ccc(CNC(=O)c2ccc(CN(C(=O)C(C)C)C3CCN(Cc4ccc([N+](=O)[O-])cc4)CC3)cc2)cc1OC. The van der Waals surface area contributed by atoms with Gasteiger partial charge in [-0.2, -0.15) is 0 Å². The van der Waals surface area contributed by atoms with E-state index in [9.17, 15) is 19.7 Å². The molecule has 10 heteroatoms. The van der Waals surface area contributed by atoms with E-state index in [-0.39, 0.29) is 34.4 Å². The molecule has 4 rings (SSSR count). The average Bonchev–Trinajstić information content (AvgIpc) is 3.03. The molecule has 2 amide bonds. The number of non-ortho nitro benzene ring substituents is 1. The van der Waals surface area contributed by atoms with Crippen molar-refractivity contribution in [3.05, 3.63) is 99.1 Å². The molecule has 0 unspecified atom stereocenters. The van der Waals surface area contributed by atoms with Crippen LogP contribution in [0.25, 0.3) is 0 Å². The van der Waals surface area contributed by atoms with E-state index in [0.29, 0.717) is 30.2 Å². The number of nitro groups is 1. The fraction of sp³-hybridized carbons (Fsp3) is 0.394. The number of carbonyl (C=O) groups excluding carboxylic acids is 2. The smallest absolute Gasteiger partial charge is 0.269 e. The monoisotopic (exact) mass is 588 g/mol. The lowest BCUT2D eigenvalue weighted by Crippen LogP contribution is -2.48. The average molecular weight is 589 g/mol. The van der Waals surface area contributed by atoms with Crippen molar-refractivity contribution in [3.63, 3.8) is 0 Å². The topological polar surface area (TPSA) is 114 Å². The maximum Gasteiger partial charge on any atom is 0.269 e. The molecule has 0 bridgehead atoms. The Hall–Kier alpha value is -4.44.